The largest absolute Gasteiger partial charge is 0.465 e. The van der Waals surface area contributed by atoms with Gasteiger partial charge in [0.15, 0.2) is 0 Å². The quantitative estimate of drug-likeness (QED) is 0.852. The predicted octanol–water partition coefficient (Wildman–Crippen LogP) is 2.46. The third-order valence-corrected chi connectivity index (χ3v) is 3.07. The summed E-state index contributed by atoms with van der Waals surface area (Å²) in [5.74, 6) is 1.01. The number of amides is 1. The zero-order chi connectivity index (χ0) is 11.8. The van der Waals surface area contributed by atoms with Crippen LogP contribution in [-0.4, -0.2) is 27.7 Å². The fourth-order valence-electron chi connectivity index (χ4n) is 1.91. The maximum absolute atomic E-state index is 11.2. The molecule has 0 radical (unpaired) electrons. The van der Waals surface area contributed by atoms with E-state index in [0.29, 0.717) is 18.3 Å². The minimum atomic E-state index is -0.935. The van der Waals surface area contributed by atoms with Crippen molar-refractivity contribution in [2.45, 2.75) is 12.8 Å². The van der Waals surface area contributed by atoms with Crippen LogP contribution in [0.3, 0.4) is 0 Å². The topological polar surface area (TPSA) is 69.2 Å². The second-order valence-electron chi connectivity index (χ2n) is 4.44. The standard InChI is InChI=1S/C12H13N3O2/c16-12(17)15(7-8-1-2-8)11-5-10-9(6-14-11)3-4-13-10/h3-6,8,13H,1-2,7H2,(H,16,17). The van der Waals surface area contributed by atoms with Gasteiger partial charge in [-0.1, -0.05) is 0 Å². The molecule has 0 aromatic carbocycles. The van der Waals surface area contributed by atoms with Crippen LogP contribution in [0.25, 0.3) is 10.9 Å². The lowest BCUT2D eigenvalue weighted by atomic mass is 10.3. The van der Waals surface area contributed by atoms with Crippen LogP contribution in [0.2, 0.25) is 0 Å². The summed E-state index contributed by atoms with van der Waals surface area (Å²) >= 11 is 0. The molecule has 1 aliphatic rings. The fraction of sp³-hybridized carbons (Fsp3) is 0.333. The summed E-state index contributed by atoms with van der Waals surface area (Å²) in [6.07, 6.45) is 4.82. The van der Waals surface area contributed by atoms with Crippen LogP contribution in [0.5, 0.6) is 0 Å². The molecule has 88 valence electrons. The van der Waals surface area contributed by atoms with Crippen molar-refractivity contribution < 1.29 is 9.90 Å². The van der Waals surface area contributed by atoms with Gasteiger partial charge in [-0.15, -0.1) is 0 Å². The van der Waals surface area contributed by atoms with Gasteiger partial charge in [0.2, 0.25) is 0 Å². The Labute approximate surface area is 98.1 Å². The predicted molar refractivity (Wildman–Crippen MR) is 64.2 cm³/mol. The van der Waals surface area contributed by atoms with Crippen LogP contribution in [0.4, 0.5) is 10.6 Å². The first-order chi connectivity index (χ1) is 8.24. The van der Waals surface area contributed by atoms with Crippen LogP contribution in [0.15, 0.2) is 24.5 Å². The van der Waals surface area contributed by atoms with Gasteiger partial charge >= 0.3 is 6.09 Å². The molecule has 1 amide bonds. The Morgan fingerprint density at radius 3 is 3.12 bits per heavy atom. The van der Waals surface area contributed by atoms with Gasteiger partial charge in [0.05, 0.1) is 5.52 Å². The molecule has 5 heteroatoms. The van der Waals surface area contributed by atoms with E-state index < -0.39 is 6.09 Å². The number of fused-ring (bicyclic) bond motifs is 1. The Morgan fingerprint density at radius 2 is 2.41 bits per heavy atom. The number of H-pyrrole nitrogens is 1. The molecule has 2 aromatic heterocycles. The van der Waals surface area contributed by atoms with E-state index in [0.717, 1.165) is 23.7 Å². The molecule has 17 heavy (non-hydrogen) atoms. The van der Waals surface area contributed by atoms with Crippen LogP contribution < -0.4 is 4.90 Å². The minimum absolute atomic E-state index is 0.499. The number of hydrogen-bond acceptors (Lipinski definition) is 2. The van der Waals surface area contributed by atoms with Crippen molar-refractivity contribution in [3.05, 3.63) is 24.5 Å². The summed E-state index contributed by atoms with van der Waals surface area (Å²) in [4.78, 5) is 19.8. The molecule has 2 aromatic rings. The molecule has 3 rings (SSSR count). The number of pyridine rings is 1. The highest BCUT2D eigenvalue weighted by Crippen LogP contribution is 2.31. The van der Waals surface area contributed by atoms with Gasteiger partial charge in [-0.2, -0.15) is 0 Å². The number of hydrogen-bond donors (Lipinski definition) is 2. The Kier molecular flexibility index (Phi) is 2.24. The second-order valence-corrected chi connectivity index (χ2v) is 4.44. The lowest BCUT2D eigenvalue weighted by molar-refractivity contribution is 0.201. The number of aromatic nitrogens is 2. The number of aromatic amines is 1. The van der Waals surface area contributed by atoms with Crippen LogP contribution >= 0.6 is 0 Å². The summed E-state index contributed by atoms with van der Waals surface area (Å²) in [6, 6.07) is 3.70. The molecule has 1 saturated carbocycles. The Hall–Kier alpha value is -2.04. The molecular weight excluding hydrogens is 218 g/mol. The molecular formula is C12H13N3O2. The summed E-state index contributed by atoms with van der Waals surface area (Å²) in [6.45, 7) is 0.550. The van der Waals surface area contributed by atoms with E-state index in [1.165, 1.54) is 4.90 Å². The van der Waals surface area contributed by atoms with Gasteiger partial charge in [0.25, 0.3) is 0 Å². The Balaban J connectivity index is 1.94. The number of carboxylic acid groups (broad SMARTS) is 1. The fourth-order valence-corrected chi connectivity index (χ4v) is 1.91. The summed E-state index contributed by atoms with van der Waals surface area (Å²) in [5, 5.41) is 10.2. The van der Waals surface area contributed by atoms with Crippen molar-refractivity contribution >= 4 is 22.8 Å². The van der Waals surface area contributed by atoms with E-state index in [2.05, 4.69) is 9.97 Å². The number of anilines is 1. The smallest absolute Gasteiger partial charge is 0.413 e. The molecule has 0 aliphatic heterocycles. The van der Waals surface area contributed by atoms with Gasteiger partial charge in [-0.3, -0.25) is 4.90 Å². The molecule has 1 fully saturated rings. The summed E-state index contributed by atoms with van der Waals surface area (Å²) in [7, 11) is 0. The molecule has 1 aliphatic carbocycles. The third-order valence-electron chi connectivity index (χ3n) is 3.07. The highest BCUT2D eigenvalue weighted by Gasteiger charge is 2.28. The van der Waals surface area contributed by atoms with E-state index in [-0.39, 0.29) is 0 Å². The normalized spacial score (nSPS) is 15.1. The molecule has 0 unspecified atom stereocenters. The highest BCUT2D eigenvalue weighted by atomic mass is 16.4. The first kappa shape index (κ1) is 10.1. The van der Waals surface area contributed by atoms with E-state index in [1.807, 2.05) is 12.3 Å². The Bertz CT molecular complexity index is 560. The molecule has 5 nitrogen and oxygen atoms in total. The van der Waals surface area contributed by atoms with Gasteiger partial charge in [-0.25, -0.2) is 9.78 Å². The molecule has 0 saturated heterocycles. The molecule has 2 heterocycles. The van der Waals surface area contributed by atoms with E-state index in [9.17, 15) is 9.90 Å². The SMILES string of the molecule is O=C(O)N(CC1CC1)c1cc2[nH]ccc2cn1. The Morgan fingerprint density at radius 1 is 1.59 bits per heavy atom. The second kappa shape index (κ2) is 3.76. The number of nitrogens with one attached hydrogen (secondary N) is 1. The molecule has 0 spiro atoms. The summed E-state index contributed by atoms with van der Waals surface area (Å²) < 4.78 is 0. The average molecular weight is 231 g/mol. The average Bonchev–Trinajstić information content (AvgIpc) is 3.01. The highest BCUT2D eigenvalue weighted by molar-refractivity contribution is 5.88. The van der Waals surface area contributed by atoms with Crippen LogP contribution in [0, 0.1) is 5.92 Å². The summed E-state index contributed by atoms with van der Waals surface area (Å²) in [5.41, 5.74) is 0.914. The van der Waals surface area contributed by atoms with E-state index in [1.54, 1.807) is 12.3 Å². The molecule has 2 N–H and O–H groups in total. The van der Waals surface area contributed by atoms with Gasteiger partial charge < -0.3 is 10.1 Å². The maximum atomic E-state index is 11.2. The lowest BCUT2D eigenvalue weighted by Crippen LogP contribution is -2.31. The van der Waals surface area contributed by atoms with E-state index in [4.69, 9.17) is 0 Å². The molecule has 0 bridgehead atoms. The first-order valence-corrected chi connectivity index (χ1v) is 5.67. The van der Waals surface area contributed by atoms with Crippen molar-refractivity contribution in [1.29, 1.82) is 0 Å². The zero-order valence-electron chi connectivity index (χ0n) is 9.26. The zero-order valence-corrected chi connectivity index (χ0v) is 9.26. The number of carbonyl (C=O) groups is 1. The van der Waals surface area contributed by atoms with E-state index >= 15 is 0 Å². The van der Waals surface area contributed by atoms with Crippen LogP contribution in [0.1, 0.15) is 12.8 Å². The van der Waals surface area contributed by atoms with Crippen molar-refractivity contribution in [2.24, 2.45) is 5.92 Å². The van der Waals surface area contributed by atoms with Crippen molar-refractivity contribution in [2.75, 3.05) is 11.4 Å². The monoisotopic (exact) mass is 231 g/mol. The van der Waals surface area contributed by atoms with Crippen molar-refractivity contribution in [3.8, 4) is 0 Å². The first-order valence-electron chi connectivity index (χ1n) is 5.67. The maximum Gasteiger partial charge on any atom is 0.413 e. The minimum Gasteiger partial charge on any atom is -0.465 e. The van der Waals surface area contributed by atoms with Crippen molar-refractivity contribution in [3.63, 3.8) is 0 Å². The number of nitrogens with zero attached hydrogens (tertiary/aromatic N) is 2. The van der Waals surface area contributed by atoms with Gasteiger partial charge in [-0.05, 0) is 24.8 Å². The van der Waals surface area contributed by atoms with Gasteiger partial charge in [0, 0.05) is 30.4 Å². The number of rotatable bonds is 3. The van der Waals surface area contributed by atoms with Crippen molar-refractivity contribution in [1.82, 2.24) is 9.97 Å². The van der Waals surface area contributed by atoms with Gasteiger partial charge in [0.1, 0.15) is 5.82 Å². The third kappa shape index (κ3) is 1.95. The molecule has 0 atom stereocenters. The van der Waals surface area contributed by atoms with Crippen LogP contribution in [-0.2, 0) is 0 Å². The lowest BCUT2D eigenvalue weighted by Gasteiger charge is -2.17.